The molecule has 1 aliphatic carbocycles. The average molecular weight is 222 g/mol. The van der Waals surface area contributed by atoms with Gasteiger partial charge in [-0.3, -0.25) is 0 Å². The van der Waals surface area contributed by atoms with Crippen LogP contribution in [-0.4, -0.2) is 15.0 Å². The zero-order valence-electron chi connectivity index (χ0n) is 10.3. The summed E-state index contributed by atoms with van der Waals surface area (Å²) < 4.78 is 2.07. The Hall–Kier alpha value is -0.900. The highest BCUT2D eigenvalue weighted by molar-refractivity contribution is 5.12. The number of hydrogen-bond donors (Lipinski definition) is 1. The lowest BCUT2D eigenvalue weighted by Crippen LogP contribution is -2.10. The van der Waals surface area contributed by atoms with E-state index in [4.69, 9.17) is 5.73 Å². The van der Waals surface area contributed by atoms with E-state index >= 15 is 0 Å². The second-order valence-corrected chi connectivity index (χ2v) is 5.24. The van der Waals surface area contributed by atoms with Crippen LogP contribution >= 0.6 is 0 Å². The first-order valence-electron chi connectivity index (χ1n) is 6.32. The van der Waals surface area contributed by atoms with E-state index in [-0.39, 0.29) is 0 Å². The quantitative estimate of drug-likeness (QED) is 0.797. The minimum atomic E-state index is 0.518. The number of hydrogen-bond acceptors (Lipinski definition) is 3. The van der Waals surface area contributed by atoms with Crippen LogP contribution in [0, 0.1) is 11.8 Å². The van der Waals surface area contributed by atoms with Crippen LogP contribution in [-0.2, 0) is 19.5 Å². The largest absolute Gasteiger partial charge is 0.325 e. The van der Waals surface area contributed by atoms with E-state index in [0.717, 1.165) is 31.0 Å². The third kappa shape index (κ3) is 2.82. The molecule has 2 N–H and O–H groups in total. The maximum atomic E-state index is 5.70. The van der Waals surface area contributed by atoms with Gasteiger partial charge in [-0.1, -0.05) is 19.1 Å². The molecule has 1 fully saturated rings. The molecule has 1 aliphatic rings. The van der Waals surface area contributed by atoms with Crippen LogP contribution < -0.4 is 5.73 Å². The summed E-state index contributed by atoms with van der Waals surface area (Å²) in [6.45, 7) is 5.97. The zero-order valence-corrected chi connectivity index (χ0v) is 10.3. The maximum absolute atomic E-state index is 5.70. The lowest BCUT2D eigenvalue weighted by Gasteiger charge is -2.08. The van der Waals surface area contributed by atoms with Crippen LogP contribution in [0.5, 0.6) is 0 Å². The summed E-state index contributed by atoms with van der Waals surface area (Å²) in [6, 6.07) is 0. The lowest BCUT2D eigenvalue weighted by atomic mass is 10.1. The fourth-order valence-electron chi connectivity index (χ4n) is 1.91. The number of nitrogens with two attached hydrogens (primary N) is 1. The number of aryl methyl sites for hydroxylation is 1. The molecule has 0 aliphatic heterocycles. The summed E-state index contributed by atoms with van der Waals surface area (Å²) in [7, 11) is 0. The normalized spacial score (nSPS) is 16.0. The van der Waals surface area contributed by atoms with Crippen LogP contribution in [0.15, 0.2) is 0 Å². The Kier molecular flexibility index (Phi) is 3.59. The van der Waals surface area contributed by atoms with E-state index in [0.29, 0.717) is 12.5 Å². The molecular formula is C12H22N4. The number of nitrogens with zero attached hydrogens (tertiary/aromatic N) is 3. The Morgan fingerprint density at radius 2 is 2.19 bits per heavy atom. The van der Waals surface area contributed by atoms with Gasteiger partial charge in [0.15, 0.2) is 0 Å². The molecule has 0 aromatic carbocycles. The fraction of sp³-hybridized carbons (Fsp3) is 0.833. The van der Waals surface area contributed by atoms with Crippen molar-refractivity contribution < 1.29 is 0 Å². The Balaban J connectivity index is 2.05. The van der Waals surface area contributed by atoms with Crippen molar-refractivity contribution in [3.05, 3.63) is 11.4 Å². The third-order valence-electron chi connectivity index (χ3n) is 3.21. The highest BCUT2D eigenvalue weighted by atomic mass is 15.4. The van der Waals surface area contributed by atoms with Gasteiger partial charge in [-0.2, -0.15) is 0 Å². The van der Waals surface area contributed by atoms with Gasteiger partial charge in [0.1, 0.15) is 0 Å². The van der Waals surface area contributed by atoms with Gasteiger partial charge in [-0.05, 0) is 37.5 Å². The van der Waals surface area contributed by atoms with Crippen molar-refractivity contribution in [1.82, 2.24) is 15.0 Å². The molecule has 0 amide bonds. The topological polar surface area (TPSA) is 56.7 Å². The molecule has 0 saturated heterocycles. The monoisotopic (exact) mass is 222 g/mol. The van der Waals surface area contributed by atoms with Gasteiger partial charge in [0, 0.05) is 13.1 Å². The summed E-state index contributed by atoms with van der Waals surface area (Å²) in [5.41, 5.74) is 7.98. The van der Waals surface area contributed by atoms with Crippen LogP contribution in [0.1, 0.15) is 44.5 Å². The number of aromatic nitrogens is 3. The molecule has 0 unspecified atom stereocenters. The molecule has 0 spiro atoms. The van der Waals surface area contributed by atoms with Crippen LogP contribution in [0.4, 0.5) is 0 Å². The van der Waals surface area contributed by atoms with Crippen molar-refractivity contribution in [2.45, 2.75) is 52.6 Å². The zero-order chi connectivity index (χ0) is 11.5. The molecule has 2 rings (SSSR count). The molecule has 90 valence electrons. The van der Waals surface area contributed by atoms with Crippen molar-refractivity contribution in [1.29, 1.82) is 0 Å². The molecule has 0 atom stereocenters. The van der Waals surface area contributed by atoms with E-state index < -0.39 is 0 Å². The summed E-state index contributed by atoms with van der Waals surface area (Å²) in [6.07, 6.45) is 5.00. The molecular weight excluding hydrogens is 200 g/mol. The van der Waals surface area contributed by atoms with Crippen LogP contribution in [0.2, 0.25) is 0 Å². The highest BCUT2D eigenvalue weighted by Crippen LogP contribution is 2.33. The first kappa shape index (κ1) is 11.6. The van der Waals surface area contributed by atoms with E-state index in [2.05, 4.69) is 28.8 Å². The Morgan fingerprint density at radius 3 is 2.75 bits per heavy atom. The second-order valence-electron chi connectivity index (χ2n) is 5.24. The SMILES string of the molecule is CC(C)CCn1nnc(CN)c1CC1CC1. The maximum Gasteiger partial charge on any atom is 0.0994 e. The smallest absolute Gasteiger partial charge is 0.0994 e. The molecule has 0 radical (unpaired) electrons. The second kappa shape index (κ2) is 4.95. The van der Waals surface area contributed by atoms with E-state index in [1.54, 1.807) is 0 Å². The third-order valence-corrected chi connectivity index (χ3v) is 3.21. The predicted octanol–water partition coefficient (Wildman–Crippen LogP) is 1.74. The van der Waals surface area contributed by atoms with Crippen molar-refractivity contribution in [3.8, 4) is 0 Å². The van der Waals surface area contributed by atoms with Gasteiger partial charge in [0.25, 0.3) is 0 Å². The molecule has 1 aromatic heterocycles. The molecule has 4 nitrogen and oxygen atoms in total. The predicted molar refractivity (Wildman–Crippen MR) is 63.8 cm³/mol. The minimum Gasteiger partial charge on any atom is -0.325 e. The van der Waals surface area contributed by atoms with Gasteiger partial charge in [0.05, 0.1) is 11.4 Å². The summed E-state index contributed by atoms with van der Waals surface area (Å²) in [5, 5.41) is 8.41. The number of rotatable bonds is 6. The lowest BCUT2D eigenvalue weighted by molar-refractivity contribution is 0.464. The fourth-order valence-corrected chi connectivity index (χ4v) is 1.91. The van der Waals surface area contributed by atoms with Crippen molar-refractivity contribution in [2.24, 2.45) is 17.6 Å². The summed E-state index contributed by atoms with van der Waals surface area (Å²) in [4.78, 5) is 0. The first-order valence-corrected chi connectivity index (χ1v) is 6.32. The Labute approximate surface area is 97.2 Å². The molecule has 1 saturated carbocycles. The molecule has 1 heterocycles. The van der Waals surface area contributed by atoms with Crippen molar-refractivity contribution in [3.63, 3.8) is 0 Å². The van der Waals surface area contributed by atoms with E-state index in [1.807, 2.05) is 0 Å². The standard InChI is InChI=1S/C12H22N4/c1-9(2)5-6-16-12(7-10-3-4-10)11(8-13)14-15-16/h9-10H,3-8,13H2,1-2H3. The van der Waals surface area contributed by atoms with Gasteiger partial charge < -0.3 is 5.73 Å². The van der Waals surface area contributed by atoms with Crippen molar-refractivity contribution in [2.75, 3.05) is 0 Å². The Morgan fingerprint density at radius 1 is 1.44 bits per heavy atom. The minimum absolute atomic E-state index is 0.518. The summed E-state index contributed by atoms with van der Waals surface area (Å²) in [5.74, 6) is 1.57. The molecule has 1 aromatic rings. The summed E-state index contributed by atoms with van der Waals surface area (Å²) >= 11 is 0. The van der Waals surface area contributed by atoms with Gasteiger partial charge in [0.2, 0.25) is 0 Å². The van der Waals surface area contributed by atoms with E-state index in [9.17, 15) is 0 Å². The van der Waals surface area contributed by atoms with Gasteiger partial charge in [-0.15, -0.1) is 5.10 Å². The van der Waals surface area contributed by atoms with E-state index in [1.165, 1.54) is 18.5 Å². The molecule has 4 heteroatoms. The van der Waals surface area contributed by atoms with Crippen LogP contribution in [0.3, 0.4) is 0 Å². The molecule has 0 bridgehead atoms. The van der Waals surface area contributed by atoms with Crippen molar-refractivity contribution >= 4 is 0 Å². The van der Waals surface area contributed by atoms with Gasteiger partial charge in [-0.25, -0.2) is 4.68 Å². The Bertz CT molecular complexity index is 339. The van der Waals surface area contributed by atoms with Gasteiger partial charge >= 0.3 is 0 Å². The average Bonchev–Trinajstić information content (AvgIpc) is 2.96. The molecule has 16 heavy (non-hydrogen) atoms. The highest BCUT2D eigenvalue weighted by Gasteiger charge is 2.25. The van der Waals surface area contributed by atoms with Crippen LogP contribution in [0.25, 0.3) is 0 Å². The first-order chi connectivity index (χ1) is 7.70.